The summed E-state index contributed by atoms with van der Waals surface area (Å²) in [7, 11) is 0. The van der Waals surface area contributed by atoms with Crippen LogP contribution < -0.4 is 0 Å². The maximum atomic E-state index is 14.1. The number of aromatic nitrogens is 2. The summed E-state index contributed by atoms with van der Waals surface area (Å²) in [5.74, 6) is -0.509. The Bertz CT molecular complexity index is 635. The van der Waals surface area contributed by atoms with Crippen LogP contribution in [0.4, 0.5) is 8.78 Å². The van der Waals surface area contributed by atoms with Gasteiger partial charge in [0.2, 0.25) is 0 Å². The highest BCUT2D eigenvalue weighted by Gasteiger charge is 2.18. The zero-order valence-corrected chi connectivity index (χ0v) is 12.5. The maximum Gasteiger partial charge on any atom is 0.184 e. The highest BCUT2D eigenvalue weighted by molar-refractivity contribution is 6.17. The molecule has 1 aromatic carbocycles. The monoisotopic (exact) mass is 313 g/mol. The smallest absolute Gasteiger partial charge is 0.184 e. The highest BCUT2D eigenvalue weighted by atomic mass is 35.5. The second-order valence-corrected chi connectivity index (χ2v) is 5.77. The van der Waals surface area contributed by atoms with Crippen LogP contribution >= 0.6 is 11.6 Å². The molecular weight excluding hydrogens is 296 g/mol. The summed E-state index contributed by atoms with van der Waals surface area (Å²) >= 11 is 5.80. The first-order chi connectivity index (χ1) is 10.2. The van der Waals surface area contributed by atoms with Gasteiger partial charge in [-0.15, -0.1) is 11.6 Å². The van der Waals surface area contributed by atoms with Crippen LogP contribution in [0.2, 0.25) is 0 Å². The lowest BCUT2D eigenvalue weighted by Gasteiger charge is -2.16. The number of hydrogen-bond acceptors (Lipinski definition) is 2. The number of imidazole rings is 1. The third-order valence-electron chi connectivity index (χ3n) is 4.04. The second kappa shape index (κ2) is 6.28. The van der Waals surface area contributed by atoms with E-state index in [1.54, 1.807) is 4.57 Å². The molecule has 0 saturated carbocycles. The van der Waals surface area contributed by atoms with E-state index in [2.05, 4.69) is 9.88 Å². The Balaban J connectivity index is 1.95. The van der Waals surface area contributed by atoms with E-state index in [1.807, 2.05) is 0 Å². The number of alkyl halides is 1. The minimum atomic E-state index is -0.831. The molecular formula is C15H18ClF2N3. The standard InChI is InChI=1S/C15H18ClF2N3/c16-6-5-13-19-12-4-3-11(17)14(18)15(12)21(13)10-9-20-7-1-2-8-20/h3-4H,1-2,5-10H2. The normalized spacial score (nSPS) is 16.1. The van der Waals surface area contributed by atoms with Crippen molar-refractivity contribution in [2.75, 3.05) is 25.5 Å². The van der Waals surface area contributed by atoms with E-state index in [4.69, 9.17) is 11.6 Å². The summed E-state index contributed by atoms with van der Waals surface area (Å²) in [6, 6.07) is 2.65. The zero-order chi connectivity index (χ0) is 14.8. The highest BCUT2D eigenvalue weighted by Crippen LogP contribution is 2.23. The van der Waals surface area contributed by atoms with Crippen molar-refractivity contribution in [1.82, 2.24) is 14.5 Å². The zero-order valence-electron chi connectivity index (χ0n) is 11.8. The molecule has 1 fully saturated rings. The number of fused-ring (bicyclic) bond motifs is 1. The summed E-state index contributed by atoms with van der Waals surface area (Å²) in [4.78, 5) is 6.74. The third-order valence-corrected chi connectivity index (χ3v) is 4.22. The van der Waals surface area contributed by atoms with E-state index >= 15 is 0 Å². The molecule has 0 bridgehead atoms. The minimum Gasteiger partial charge on any atom is -0.324 e. The van der Waals surface area contributed by atoms with Gasteiger partial charge >= 0.3 is 0 Å². The van der Waals surface area contributed by atoms with E-state index in [0.29, 0.717) is 24.4 Å². The molecule has 0 amide bonds. The van der Waals surface area contributed by atoms with E-state index in [9.17, 15) is 8.78 Å². The van der Waals surface area contributed by atoms with Gasteiger partial charge in [0.15, 0.2) is 11.6 Å². The first-order valence-corrected chi connectivity index (χ1v) is 7.85. The molecule has 0 atom stereocenters. The Morgan fingerprint density at radius 3 is 2.62 bits per heavy atom. The van der Waals surface area contributed by atoms with Crippen LogP contribution in [-0.2, 0) is 13.0 Å². The van der Waals surface area contributed by atoms with Gasteiger partial charge in [0.05, 0.1) is 5.52 Å². The fraction of sp³-hybridized carbons (Fsp3) is 0.533. The van der Waals surface area contributed by atoms with Crippen LogP contribution in [0.5, 0.6) is 0 Å². The van der Waals surface area contributed by atoms with Crippen molar-refractivity contribution in [3.05, 3.63) is 29.6 Å². The molecule has 21 heavy (non-hydrogen) atoms. The summed E-state index contributed by atoms with van der Waals surface area (Å²) in [5.41, 5.74) is 0.754. The quantitative estimate of drug-likeness (QED) is 0.791. The first kappa shape index (κ1) is 14.7. The van der Waals surface area contributed by atoms with Crippen molar-refractivity contribution < 1.29 is 8.78 Å². The fourth-order valence-corrected chi connectivity index (χ4v) is 3.14. The summed E-state index contributed by atoms with van der Waals surface area (Å²) in [6.45, 7) is 3.60. The topological polar surface area (TPSA) is 21.1 Å². The molecule has 0 spiro atoms. The lowest BCUT2D eigenvalue weighted by molar-refractivity contribution is 0.322. The van der Waals surface area contributed by atoms with Crippen molar-refractivity contribution in [2.45, 2.75) is 25.8 Å². The Kier molecular flexibility index (Phi) is 4.40. The number of aryl methyl sites for hydroxylation is 1. The van der Waals surface area contributed by atoms with Crippen LogP contribution in [0.3, 0.4) is 0 Å². The molecule has 114 valence electrons. The maximum absolute atomic E-state index is 14.1. The van der Waals surface area contributed by atoms with E-state index in [0.717, 1.165) is 31.5 Å². The van der Waals surface area contributed by atoms with Crippen molar-refractivity contribution in [2.24, 2.45) is 0 Å². The minimum absolute atomic E-state index is 0.259. The Hall–Kier alpha value is -1.20. The van der Waals surface area contributed by atoms with Gasteiger partial charge in [-0.25, -0.2) is 13.8 Å². The average molecular weight is 314 g/mol. The molecule has 0 unspecified atom stereocenters. The van der Waals surface area contributed by atoms with Gasteiger partial charge < -0.3 is 9.47 Å². The summed E-state index contributed by atoms with van der Waals surface area (Å²) in [5, 5.41) is 0. The van der Waals surface area contributed by atoms with Gasteiger partial charge in [-0.2, -0.15) is 0 Å². The first-order valence-electron chi connectivity index (χ1n) is 7.32. The summed E-state index contributed by atoms with van der Waals surface area (Å²) in [6.07, 6.45) is 2.97. The van der Waals surface area contributed by atoms with Crippen LogP contribution in [0, 0.1) is 11.6 Å². The molecule has 3 nitrogen and oxygen atoms in total. The number of likely N-dealkylation sites (tertiary alicyclic amines) is 1. The van der Waals surface area contributed by atoms with E-state index in [1.165, 1.54) is 18.9 Å². The SMILES string of the molecule is Fc1ccc2nc(CCCl)n(CCN3CCCC3)c2c1F. The fourth-order valence-electron chi connectivity index (χ4n) is 2.97. The molecule has 6 heteroatoms. The van der Waals surface area contributed by atoms with E-state index < -0.39 is 11.6 Å². The van der Waals surface area contributed by atoms with Crippen molar-refractivity contribution >= 4 is 22.6 Å². The van der Waals surface area contributed by atoms with Crippen molar-refractivity contribution in [3.63, 3.8) is 0 Å². The van der Waals surface area contributed by atoms with E-state index in [-0.39, 0.29) is 5.52 Å². The Morgan fingerprint density at radius 2 is 1.90 bits per heavy atom. The van der Waals surface area contributed by atoms with Gasteiger partial charge in [-0.05, 0) is 38.1 Å². The lowest BCUT2D eigenvalue weighted by Crippen LogP contribution is -2.25. The molecule has 0 radical (unpaired) electrons. The van der Waals surface area contributed by atoms with Crippen LogP contribution in [0.1, 0.15) is 18.7 Å². The van der Waals surface area contributed by atoms with Gasteiger partial charge in [0, 0.05) is 25.4 Å². The van der Waals surface area contributed by atoms with Crippen molar-refractivity contribution in [3.8, 4) is 0 Å². The molecule has 2 heterocycles. The number of rotatable bonds is 5. The predicted molar refractivity (Wildman–Crippen MR) is 79.7 cm³/mol. The number of nitrogens with zero attached hydrogens (tertiary/aromatic N) is 3. The molecule has 1 aliphatic heterocycles. The number of benzene rings is 1. The second-order valence-electron chi connectivity index (χ2n) is 5.40. The van der Waals surface area contributed by atoms with Crippen LogP contribution in [0.15, 0.2) is 12.1 Å². The number of halogens is 3. The molecule has 0 N–H and O–H groups in total. The molecule has 1 aromatic heterocycles. The van der Waals surface area contributed by atoms with Crippen molar-refractivity contribution in [1.29, 1.82) is 0 Å². The summed E-state index contributed by atoms with van der Waals surface area (Å²) < 4.78 is 29.4. The Morgan fingerprint density at radius 1 is 1.14 bits per heavy atom. The predicted octanol–water partition coefficient (Wildman–Crippen LogP) is 3.19. The Labute approximate surface area is 127 Å². The average Bonchev–Trinajstić information content (AvgIpc) is 3.09. The van der Waals surface area contributed by atoms with Gasteiger partial charge in [-0.3, -0.25) is 0 Å². The van der Waals surface area contributed by atoms with Crippen LogP contribution in [0.25, 0.3) is 11.0 Å². The molecule has 1 aliphatic rings. The molecule has 0 aliphatic carbocycles. The van der Waals surface area contributed by atoms with Gasteiger partial charge in [0.25, 0.3) is 0 Å². The molecule has 1 saturated heterocycles. The molecule has 2 aromatic rings. The van der Waals surface area contributed by atoms with Crippen LogP contribution in [-0.4, -0.2) is 40.0 Å². The molecule has 3 rings (SSSR count). The lowest BCUT2D eigenvalue weighted by atomic mass is 10.3. The largest absolute Gasteiger partial charge is 0.324 e. The number of hydrogen-bond donors (Lipinski definition) is 0. The third kappa shape index (κ3) is 2.90. The van der Waals surface area contributed by atoms with Gasteiger partial charge in [-0.1, -0.05) is 0 Å². The van der Waals surface area contributed by atoms with Gasteiger partial charge in [0.1, 0.15) is 11.3 Å².